The molecule has 5 N–H and O–H groups in total. The number of nitrogens with one attached hydrogen (secondary N) is 1. The van der Waals surface area contributed by atoms with Crippen LogP contribution >= 0.6 is 0 Å². The summed E-state index contributed by atoms with van der Waals surface area (Å²) >= 11 is 0. The van der Waals surface area contributed by atoms with Crippen LogP contribution in [0.25, 0.3) is 0 Å². The van der Waals surface area contributed by atoms with E-state index in [0.29, 0.717) is 5.84 Å². The fourth-order valence-corrected chi connectivity index (χ4v) is 1.43. The number of fused-ring (bicyclic) bond motifs is 1. The first-order valence-electron chi connectivity index (χ1n) is 4.10. The lowest BCUT2D eigenvalue weighted by atomic mass is 10.1. The number of hydrogen-bond acceptors (Lipinski definition) is 4. The van der Waals surface area contributed by atoms with Gasteiger partial charge in [0.25, 0.3) is 0 Å². The van der Waals surface area contributed by atoms with E-state index in [1.165, 1.54) is 0 Å². The van der Waals surface area contributed by atoms with Crippen LogP contribution in [-0.4, -0.2) is 11.6 Å². The summed E-state index contributed by atoms with van der Waals surface area (Å²) in [5.41, 5.74) is 13.4. The highest BCUT2D eigenvalue weighted by atomic mass is 15.3. The van der Waals surface area contributed by atoms with Crippen LogP contribution in [0.5, 0.6) is 0 Å². The van der Waals surface area contributed by atoms with Crippen LogP contribution in [0.2, 0.25) is 0 Å². The maximum Gasteiger partial charge on any atom is 0.181 e. The molecule has 0 fully saturated rings. The van der Waals surface area contributed by atoms with E-state index in [1.807, 2.05) is 24.3 Å². The minimum atomic E-state index is -0.793. The number of hydrogen-bond donors (Lipinski definition) is 3. The minimum absolute atomic E-state index is 0.486. The van der Waals surface area contributed by atoms with Crippen LogP contribution in [0.4, 0.5) is 5.69 Å². The Morgan fingerprint density at radius 1 is 1.38 bits per heavy atom. The van der Waals surface area contributed by atoms with Crippen molar-refractivity contribution in [3.63, 3.8) is 0 Å². The third kappa shape index (κ3) is 1.36. The molecule has 0 saturated heterocycles. The van der Waals surface area contributed by atoms with Crippen LogP contribution in [0, 0.1) is 0 Å². The second-order valence-corrected chi connectivity index (χ2v) is 3.32. The minimum Gasteiger partial charge on any atom is -0.383 e. The molecule has 1 aromatic rings. The predicted octanol–water partition coefficient (Wildman–Crippen LogP) is 0.450. The molecule has 1 unspecified atom stereocenters. The zero-order valence-corrected chi connectivity index (χ0v) is 7.41. The molecule has 1 aromatic carbocycles. The zero-order chi connectivity index (χ0) is 9.47. The molecule has 0 radical (unpaired) electrons. The second-order valence-electron chi connectivity index (χ2n) is 3.32. The predicted molar refractivity (Wildman–Crippen MR) is 53.4 cm³/mol. The monoisotopic (exact) mass is 176 g/mol. The maximum absolute atomic E-state index is 5.80. The van der Waals surface area contributed by atoms with Crippen molar-refractivity contribution in [3.05, 3.63) is 29.8 Å². The van der Waals surface area contributed by atoms with E-state index in [-0.39, 0.29) is 0 Å². The molecule has 2 rings (SSSR count). The molecule has 0 amide bonds. The Bertz CT molecular complexity index is 368. The van der Waals surface area contributed by atoms with Crippen molar-refractivity contribution < 1.29 is 0 Å². The Kier molecular flexibility index (Phi) is 1.53. The van der Waals surface area contributed by atoms with E-state index in [2.05, 4.69) is 10.3 Å². The molecular weight excluding hydrogens is 164 g/mol. The molecule has 4 nitrogen and oxygen atoms in total. The van der Waals surface area contributed by atoms with Crippen molar-refractivity contribution >= 4 is 11.5 Å². The first kappa shape index (κ1) is 8.07. The molecule has 1 heterocycles. The van der Waals surface area contributed by atoms with Crippen molar-refractivity contribution in [1.29, 1.82) is 0 Å². The lowest BCUT2D eigenvalue weighted by Gasteiger charge is -2.29. The van der Waals surface area contributed by atoms with Gasteiger partial charge in [-0.1, -0.05) is 12.1 Å². The average Bonchev–Trinajstić information content (AvgIpc) is 2.02. The fraction of sp³-hybridized carbons (Fsp3) is 0.222. The zero-order valence-electron chi connectivity index (χ0n) is 7.41. The quantitative estimate of drug-likeness (QED) is 0.537. The molecule has 1 atom stereocenters. The Labute approximate surface area is 76.6 Å². The van der Waals surface area contributed by atoms with E-state index < -0.39 is 5.79 Å². The Balaban J connectivity index is 2.55. The molecular formula is C9H12N4. The summed E-state index contributed by atoms with van der Waals surface area (Å²) in [7, 11) is 0. The third-order valence-electron chi connectivity index (χ3n) is 1.94. The van der Waals surface area contributed by atoms with Gasteiger partial charge in [-0.2, -0.15) is 0 Å². The summed E-state index contributed by atoms with van der Waals surface area (Å²) in [6.07, 6.45) is 0. The second kappa shape index (κ2) is 2.47. The van der Waals surface area contributed by atoms with Crippen molar-refractivity contribution in [2.45, 2.75) is 12.7 Å². The van der Waals surface area contributed by atoms with Gasteiger partial charge in [0.15, 0.2) is 5.79 Å². The van der Waals surface area contributed by atoms with Crippen LogP contribution < -0.4 is 16.8 Å². The number of nitrogens with zero attached hydrogens (tertiary/aromatic N) is 1. The largest absolute Gasteiger partial charge is 0.383 e. The Hall–Kier alpha value is -1.55. The van der Waals surface area contributed by atoms with Gasteiger partial charge >= 0.3 is 0 Å². The molecule has 0 saturated carbocycles. The summed E-state index contributed by atoms with van der Waals surface area (Å²) in [5.74, 6) is -0.308. The van der Waals surface area contributed by atoms with Gasteiger partial charge in [0.05, 0.1) is 0 Å². The van der Waals surface area contributed by atoms with E-state index in [9.17, 15) is 0 Å². The number of amidine groups is 1. The standard InChI is InChI=1S/C9H12N4/c1-9(11)12-7-5-3-2-4-6(7)8(10)13-9/h2-5,12H,11H2,1H3,(H2,10,13). The topological polar surface area (TPSA) is 76.4 Å². The van der Waals surface area contributed by atoms with Gasteiger partial charge in [-0.15, -0.1) is 0 Å². The highest BCUT2D eigenvalue weighted by Crippen LogP contribution is 2.22. The number of benzene rings is 1. The Morgan fingerprint density at radius 3 is 2.85 bits per heavy atom. The smallest absolute Gasteiger partial charge is 0.181 e. The number of rotatable bonds is 0. The van der Waals surface area contributed by atoms with Gasteiger partial charge in [-0.05, 0) is 19.1 Å². The number of para-hydroxylation sites is 1. The van der Waals surface area contributed by atoms with Gasteiger partial charge in [0.1, 0.15) is 5.84 Å². The maximum atomic E-state index is 5.80. The third-order valence-corrected chi connectivity index (χ3v) is 1.94. The summed E-state index contributed by atoms with van der Waals surface area (Å²) in [5, 5.41) is 3.08. The van der Waals surface area contributed by atoms with Gasteiger partial charge in [0, 0.05) is 11.3 Å². The molecule has 0 spiro atoms. The average molecular weight is 176 g/mol. The van der Waals surface area contributed by atoms with E-state index >= 15 is 0 Å². The molecule has 4 heteroatoms. The molecule has 68 valence electrons. The molecule has 1 aliphatic rings. The first-order valence-corrected chi connectivity index (χ1v) is 4.10. The van der Waals surface area contributed by atoms with E-state index in [1.54, 1.807) is 6.92 Å². The van der Waals surface area contributed by atoms with Crippen molar-refractivity contribution in [3.8, 4) is 0 Å². The van der Waals surface area contributed by atoms with Crippen molar-refractivity contribution in [2.75, 3.05) is 5.32 Å². The number of anilines is 1. The first-order chi connectivity index (χ1) is 6.08. The lowest BCUT2D eigenvalue weighted by molar-refractivity contribution is 0.562. The normalized spacial score (nSPS) is 25.8. The number of nitrogens with two attached hydrogens (primary N) is 2. The molecule has 0 aliphatic carbocycles. The molecule has 0 aromatic heterocycles. The summed E-state index contributed by atoms with van der Waals surface area (Å²) in [4.78, 5) is 4.12. The fourth-order valence-electron chi connectivity index (χ4n) is 1.43. The number of aliphatic imine (C=N–C) groups is 1. The van der Waals surface area contributed by atoms with Crippen LogP contribution in [0.15, 0.2) is 29.3 Å². The highest BCUT2D eigenvalue weighted by molar-refractivity contribution is 6.04. The highest BCUT2D eigenvalue weighted by Gasteiger charge is 2.24. The van der Waals surface area contributed by atoms with Gasteiger partial charge < -0.3 is 11.1 Å². The van der Waals surface area contributed by atoms with E-state index in [0.717, 1.165) is 11.3 Å². The van der Waals surface area contributed by atoms with Crippen molar-refractivity contribution in [1.82, 2.24) is 0 Å². The van der Waals surface area contributed by atoms with E-state index in [4.69, 9.17) is 11.5 Å². The summed E-state index contributed by atoms with van der Waals surface area (Å²) in [6.45, 7) is 1.77. The lowest BCUT2D eigenvalue weighted by Crippen LogP contribution is -2.47. The Morgan fingerprint density at radius 2 is 2.08 bits per heavy atom. The van der Waals surface area contributed by atoms with Crippen LogP contribution in [0.1, 0.15) is 12.5 Å². The SMILES string of the molecule is CC1(N)N=C(N)c2ccccc2N1. The molecule has 13 heavy (non-hydrogen) atoms. The molecule has 0 bridgehead atoms. The van der Waals surface area contributed by atoms with Gasteiger partial charge in [0.2, 0.25) is 0 Å². The summed E-state index contributed by atoms with van der Waals surface area (Å²) in [6, 6.07) is 7.70. The van der Waals surface area contributed by atoms with Crippen LogP contribution in [-0.2, 0) is 0 Å². The van der Waals surface area contributed by atoms with Crippen LogP contribution in [0.3, 0.4) is 0 Å². The van der Waals surface area contributed by atoms with Crippen molar-refractivity contribution in [2.24, 2.45) is 16.5 Å². The van der Waals surface area contributed by atoms with Gasteiger partial charge in [-0.25, -0.2) is 4.99 Å². The van der Waals surface area contributed by atoms with Gasteiger partial charge in [-0.3, -0.25) is 5.73 Å². The molecule has 1 aliphatic heterocycles. The summed E-state index contributed by atoms with van der Waals surface area (Å²) < 4.78 is 0.